The minimum absolute atomic E-state index is 0.579. The molecule has 0 radical (unpaired) electrons. The highest BCUT2D eigenvalue weighted by molar-refractivity contribution is 7.09. The lowest BCUT2D eigenvalue weighted by Gasteiger charge is -1.89. The number of oxazole rings is 1. The minimum atomic E-state index is 0.579. The summed E-state index contributed by atoms with van der Waals surface area (Å²) in [6.07, 6.45) is 0.796. The SMILES string of the molecule is Cc1ccc2nc(-c3csc(CCN)n3)oc2c1. The van der Waals surface area contributed by atoms with Crippen molar-refractivity contribution in [1.29, 1.82) is 0 Å². The summed E-state index contributed by atoms with van der Waals surface area (Å²) in [7, 11) is 0. The molecule has 3 aromatic rings. The molecule has 0 atom stereocenters. The molecule has 1 aromatic carbocycles. The van der Waals surface area contributed by atoms with E-state index in [2.05, 4.69) is 9.97 Å². The summed E-state index contributed by atoms with van der Waals surface area (Å²) in [6.45, 7) is 2.64. The first kappa shape index (κ1) is 11.4. The first-order valence-electron chi connectivity index (χ1n) is 5.78. The minimum Gasteiger partial charge on any atom is -0.435 e. The fourth-order valence-electron chi connectivity index (χ4n) is 1.79. The summed E-state index contributed by atoms with van der Waals surface area (Å²) in [5.74, 6) is 0.579. The van der Waals surface area contributed by atoms with Gasteiger partial charge in [0.2, 0.25) is 5.89 Å². The van der Waals surface area contributed by atoms with Crippen molar-refractivity contribution in [2.45, 2.75) is 13.3 Å². The Morgan fingerprint density at radius 3 is 3.06 bits per heavy atom. The third kappa shape index (κ3) is 2.02. The molecule has 2 heterocycles. The Bertz CT molecular complexity index is 686. The maximum Gasteiger partial charge on any atom is 0.247 e. The zero-order valence-electron chi connectivity index (χ0n) is 10.0. The number of fused-ring (bicyclic) bond motifs is 1. The lowest BCUT2D eigenvalue weighted by atomic mass is 10.2. The second-order valence-electron chi connectivity index (χ2n) is 4.16. The van der Waals surface area contributed by atoms with E-state index in [0.29, 0.717) is 12.4 Å². The van der Waals surface area contributed by atoms with Crippen LogP contribution in [0.1, 0.15) is 10.6 Å². The average Bonchev–Trinajstić information content (AvgIpc) is 2.94. The van der Waals surface area contributed by atoms with Crippen molar-refractivity contribution in [3.8, 4) is 11.6 Å². The summed E-state index contributed by atoms with van der Waals surface area (Å²) in [6, 6.07) is 5.97. The van der Waals surface area contributed by atoms with Gasteiger partial charge in [0, 0.05) is 11.8 Å². The van der Waals surface area contributed by atoms with Crippen LogP contribution in [-0.4, -0.2) is 16.5 Å². The lowest BCUT2D eigenvalue weighted by Crippen LogP contribution is -2.01. The number of hydrogen-bond donors (Lipinski definition) is 1. The van der Waals surface area contributed by atoms with Gasteiger partial charge in [-0.1, -0.05) is 6.07 Å². The van der Waals surface area contributed by atoms with Gasteiger partial charge in [-0.15, -0.1) is 11.3 Å². The Labute approximate surface area is 108 Å². The fraction of sp³-hybridized carbons (Fsp3) is 0.231. The molecule has 4 nitrogen and oxygen atoms in total. The Balaban J connectivity index is 2.02. The molecule has 0 unspecified atom stereocenters. The molecule has 5 heteroatoms. The molecule has 3 rings (SSSR count). The summed E-state index contributed by atoms with van der Waals surface area (Å²) in [4.78, 5) is 8.91. The van der Waals surface area contributed by atoms with Crippen molar-refractivity contribution in [3.05, 3.63) is 34.2 Å². The Morgan fingerprint density at radius 2 is 2.22 bits per heavy atom. The molecule has 0 saturated carbocycles. The zero-order chi connectivity index (χ0) is 12.5. The van der Waals surface area contributed by atoms with Crippen molar-refractivity contribution in [1.82, 2.24) is 9.97 Å². The van der Waals surface area contributed by atoms with E-state index in [9.17, 15) is 0 Å². The Morgan fingerprint density at radius 1 is 1.33 bits per heavy atom. The van der Waals surface area contributed by atoms with Gasteiger partial charge in [0.15, 0.2) is 5.58 Å². The van der Waals surface area contributed by atoms with Crippen LogP contribution in [0, 0.1) is 6.92 Å². The second kappa shape index (κ2) is 4.51. The average molecular weight is 259 g/mol. The molecule has 2 N–H and O–H groups in total. The highest BCUT2D eigenvalue weighted by atomic mass is 32.1. The maximum absolute atomic E-state index is 5.73. The largest absolute Gasteiger partial charge is 0.435 e. The van der Waals surface area contributed by atoms with Gasteiger partial charge in [0.05, 0.1) is 5.01 Å². The number of thiazole rings is 1. The summed E-state index contributed by atoms with van der Waals surface area (Å²) in [5.41, 5.74) is 9.13. The molecule has 0 spiro atoms. The quantitative estimate of drug-likeness (QED) is 0.785. The van der Waals surface area contributed by atoms with E-state index >= 15 is 0 Å². The summed E-state index contributed by atoms with van der Waals surface area (Å²) >= 11 is 1.59. The van der Waals surface area contributed by atoms with Gasteiger partial charge in [-0.2, -0.15) is 0 Å². The highest BCUT2D eigenvalue weighted by Crippen LogP contribution is 2.26. The van der Waals surface area contributed by atoms with Crippen LogP contribution in [0.5, 0.6) is 0 Å². The molecular weight excluding hydrogens is 246 g/mol. The van der Waals surface area contributed by atoms with Gasteiger partial charge in [0.1, 0.15) is 11.2 Å². The third-order valence-corrected chi connectivity index (χ3v) is 3.58. The zero-order valence-corrected chi connectivity index (χ0v) is 10.8. The number of aryl methyl sites for hydroxylation is 1. The topological polar surface area (TPSA) is 64.9 Å². The smallest absolute Gasteiger partial charge is 0.247 e. The standard InChI is InChI=1S/C13H13N3OS/c1-8-2-3-9-11(6-8)17-13(16-9)10-7-18-12(15-10)4-5-14/h2-3,6-7H,4-5,14H2,1H3. The Kier molecular flexibility index (Phi) is 2.85. The molecule has 0 fully saturated rings. The van der Waals surface area contributed by atoms with Crippen LogP contribution in [0.2, 0.25) is 0 Å². The predicted molar refractivity (Wildman–Crippen MR) is 72.6 cm³/mol. The van der Waals surface area contributed by atoms with Crippen LogP contribution in [0.3, 0.4) is 0 Å². The molecule has 0 amide bonds. The normalized spacial score (nSPS) is 11.2. The van der Waals surface area contributed by atoms with E-state index in [1.54, 1.807) is 11.3 Å². The van der Waals surface area contributed by atoms with Crippen molar-refractivity contribution in [2.75, 3.05) is 6.54 Å². The van der Waals surface area contributed by atoms with Gasteiger partial charge in [0.25, 0.3) is 0 Å². The van der Waals surface area contributed by atoms with Crippen LogP contribution in [0.15, 0.2) is 28.0 Å². The number of aromatic nitrogens is 2. The van der Waals surface area contributed by atoms with Crippen LogP contribution in [0.25, 0.3) is 22.7 Å². The van der Waals surface area contributed by atoms with E-state index in [1.165, 1.54) is 0 Å². The molecule has 0 aliphatic rings. The van der Waals surface area contributed by atoms with Crippen LogP contribution in [-0.2, 0) is 6.42 Å². The summed E-state index contributed by atoms with van der Waals surface area (Å²) in [5, 5.41) is 2.98. The van der Waals surface area contributed by atoms with Gasteiger partial charge >= 0.3 is 0 Å². The van der Waals surface area contributed by atoms with Crippen LogP contribution < -0.4 is 5.73 Å². The molecule has 18 heavy (non-hydrogen) atoms. The van der Waals surface area contributed by atoms with E-state index in [0.717, 1.165) is 33.8 Å². The van der Waals surface area contributed by atoms with Gasteiger partial charge in [-0.25, -0.2) is 9.97 Å². The molecule has 0 aliphatic carbocycles. The van der Waals surface area contributed by atoms with E-state index in [-0.39, 0.29) is 0 Å². The summed E-state index contributed by atoms with van der Waals surface area (Å²) < 4.78 is 5.73. The highest BCUT2D eigenvalue weighted by Gasteiger charge is 2.11. The number of benzene rings is 1. The molecule has 92 valence electrons. The van der Waals surface area contributed by atoms with E-state index in [4.69, 9.17) is 10.2 Å². The number of rotatable bonds is 3. The van der Waals surface area contributed by atoms with Gasteiger partial charge < -0.3 is 10.2 Å². The first-order chi connectivity index (χ1) is 8.76. The number of nitrogens with two attached hydrogens (primary N) is 1. The number of hydrogen-bond acceptors (Lipinski definition) is 5. The molecule has 0 saturated heterocycles. The molecule has 0 bridgehead atoms. The van der Waals surface area contributed by atoms with Crippen molar-refractivity contribution in [2.24, 2.45) is 5.73 Å². The van der Waals surface area contributed by atoms with Crippen molar-refractivity contribution in [3.63, 3.8) is 0 Å². The van der Waals surface area contributed by atoms with Gasteiger partial charge in [-0.05, 0) is 31.2 Å². The predicted octanol–water partition coefficient (Wildman–Crippen LogP) is 2.76. The van der Waals surface area contributed by atoms with Crippen LogP contribution in [0.4, 0.5) is 0 Å². The monoisotopic (exact) mass is 259 g/mol. The number of nitrogens with zero attached hydrogens (tertiary/aromatic N) is 2. The third-order valence-electron chi connectivity index (χ3n) is 2.67. The molecule has 0 aliphatic heterocycles. The second-order valence-corrected chi connectivity index (χ2v) is 5.10. The van der Waals surface area contributed by atoms with Crippen LogP contribution >= 0.6 is 11.3 Å². The Hall–Kier alpha value is -1.72. The van der Waals surface area contributed by atoms with Crippen molar-refractivity contribution < 1.29 is 4.42 Å². The maximum atomic E-state index is 5.73. The van der Waals surface area contributed by atoms with E-state index < -0.39 is 0 Å². The first-order valence-corrected chi connectivity index (χ1v) is 6.66. The van der Waals surface area contributed by atoms with Gasteiger partial charge in [-0.3, -0.25) is 0 Å². The lowest BCUT2D eigenvalue weighted by molar-refractivity contribution is 0.617. The van der Waals surface area contributed by atoms with E-state index in [1.807, 2.05) is 30.5 Å². The molecule has 2 aromatic heterocycles. The fourth-order valence-corrected chi connectivity index (χ4v) is 2.58. The van der Waals surface area contributed by atoms with Crippen molar-refractivity contribution >= 4 is 22.4 Å². The molecular formula is C13H13N3OS.